The van der Waals surface area contributed by atoms with Gasteiger partial charge in [0, 0.05) is 30.4 Å². The Balaban J connectivity index is 2.10. The number of carboxylic acid groups (broad SMARTS) is 1. The van der Waals surface area contributed by atoms with E-state index in [1.54, 1.807) is 6.07 Å². The Kier molecular flexibility index (Phi) is 2.85. The van der Waals surface area contributed by atoms with Gasteiger partial charge in [-0.25, -0.2) is 4.79 Å². The van der Waals surface area contributed by atoms with Crippen LogP contribution in [0, 0.1) is 6.92 Å². The van der Waals surface area contributed by atoms with Gasteiger partial charge in [0.1, 0.15) is 0 Å². The summed E-state index contributed by atoms with van der Waals surface area (Å²) in [7, 11) is 0. The van der Waals surface area contributed by atoms with Crippen molar-refractivity contribution in [3.05, 3.63) is 35.5 Å². The molecule has 19 heavy (non-hydrogen) atoms. The SMILES string of the molecule is Cc1cc2cc(C(=O)O)cnc2cc1N1CCCC1. The lowest BCUT2D eigenvalue weighted by atomic mass is 10.1. The minimum atomic E-state index is -0.935. The van der Waals surface area contributed by atoms with Crippen LogP contribution in [0.3, 0.4) is 0 Å². The molecule has 0 amide bonds. The average molecular weight is 256 g/mol. The van der Waals surface area contributed by atoms with Gasteiger partial charge in [-0.2, -0.15) is 0 Å². The van der Waals surface area contributed by atoms with Gasteiger partial charge in [0.25, 0.3) is 0 Å². The number of pyridine rings is 1. The number of rotatable bonds is 2. The Morgan fingerprint density at radius 1 is 1.26 bits per heavy atom. The number of nitrogens with zero attached hydrogens (tertiary/aromatic N) is 2. The van der Waals surface area contributed by atoms with E-state index in [4.69, 9.17) is 5.11 Å². The maximum atomic E-state index is 11.0. The molecule has 1 aliphatic rings. The zero-order valence-electron chi connectivity index (χ0n) is 10.9. The van der Waals surface area contributed by atoms with Crippen LogP contribution in [-0.2, 0) is 0 Å². The van der Waals surface area contributed by atoms with Gasteiger partial charge in [-0.1, -0.05) is 0 Å². The molecule has 3 rings (SSSR count). The van der Waals surface area contributed by atoms with Gasteiger partial charge in [0.05, 0.1) is 11.1 Å². The molecule has 98 valence electrons. The fourth-order valence-electron chi connectivity index (χ4n) is 2.69. The first kappa shape index (κ1) is 12.0. The van der Waals surface area contributed by atoms with Crippen LogP contribution in [0.15, 0.2) is 24.4 Å². The average Bonchev–Trinajstić information content (AvgIpc) is 2.90. The van der Waals surface area contributed by atoms with Gasteiger partial charge in [0.15, 0.2) is 0 Å². The van der Waals surface area contributed by atoms with Gasteiger partial charge >= 0.3 is 5.97 Å². The molecule has 2 heterocycles. The van der Waals surface area contributed by atoms with E-state index in [0.717, 1.165) is 24.0 Å². The molecule has 0 bridgehead atoms. The second-order valence-corrected chi connectivity index (χ2v) is 5.05. The third-order valence-corrected chi connectivity index (χ3v) is 3.69. The largest absolute Gasteiger partial charge is 0.478 e. The molecule has 1 N–H and O–H groups in total. The van der Waals surface area contributed by atoms with E-state index in [2.05, 4.69) is 22.9 Å². The molecule has 0 radical (unpaired) electrons. The minimum absolute atomic E-state index is 0.237. The summed E-state index contributed by atoms with van der Waals surface area (Å²) in [5.41, 5.74) is 3.50. The topological polar surface area (TPSA) is 53.4 Å². The summed E-state index contributed by atoms with van der Waals surface area (Å²) in [6.07, 6.45) is 3.90. The highest BCUT2D eigenvalue weighted by molar-refractivity contribution is 5.93. The summed E-state index contributed by atoms with van der Waals surface area (Å²) in [6.45, 7) is 4.26. The van der Waals surface area contributed by atoms with Crippen molar-refractivity contribution in [3.8, 4) is 0 Å². The summed E-state index contributed by atoms with van der Waals surface area (Å²) in [5.74, 6) is -0.935. The Hall–Kier alpha value is -2.10. The van der Waals surface area contributed by atoms with Crippen molar-refractivity contribution < 1.29 is 9.90 Å². The molecule has 0 saturated carbocycles. The molecule has 0 spiro atoms. The number of carboxylic acids is 1. The predicted octanol–water partition coefficient (Wildman–Crippen LogP) is 2.84. The number of fused-ring (bicyclic) bond motifs is 1. The van der Waals surface area contributed by atoms with Crippen LogP contribution in [0.1, 0.15) is 28.8 Å². The van der Waals surface area contributed by atoms with Crippen molar-refractivity contribution in [1.82, 2.24) is 4.98 Å². The van der Waals surface area contributed by atoms with Crippen LogP contribution in [-0.4, -0.2) is 29.1 Å². The van der Waals surface area contributed by atoms with Crippen LogP contribution in [0.25, 0.3) is 10.9 Å². The highest BCUT2D eigenvalue weighted by atomic mass is 16.4. The standard InChI is InChI=1S/C15H16N2O2/c1-10-6-11-7-12(15(18)19)9-16-13(11)8-14(10)17-4-2-3-5-17/h6-9H,2-5H2,1H3,(H,18,19). The normalized spacial score (nSPS) is 15.1. The molecular formula is C15H16N2O2. The summed E-state index contributed by atoms with van der Waals surface area (Å²) in [6, 6.07) is 5.79. The van der Waals surface area contributed by atoms with Crippen molar-refractivity contribution in [3.63, 3.8) is 0 Å². The van der Waals surface area contributed by atoms with E-state index in [1.807, 2.05) is 6.07 Å². The van der Waals surface area contributed by atoms with Gasteiger partial charge in [0.2, 0.25) is 0 Å². The molecule has 4 heteroatoms. The van der Waals surface area contributed by atoms with Crippen LogP contribution < -0.4 is 4.90 Å². The number of hydrogen-bond donors (Lipinski definition) is 1. The first-order valence-electron chi connectivity index (χ1n) is 6.54. The van der Waals surface area contributed by atoms with Crippen LogP contribution in [0.2, 0.25) is 0 Å². The predicted molar refractivity (Wildman–Crippen MR) is 74.9 cm³/mol. The Bertz CT molecular complexity index is 646. The lowest BCUT2D eigenvalue weighted by molar-refractivity contribution is 0.0696. The molecule has 0 unspecified atom stereocenters. The summed E-state index contributed by atoms with van der Waals surface area (Å²) >= 11 is 0. The molecule has 1 saturated heterocycles. The van der Waals surface area contributed by atoms with Gasteiger partial charge < -0.3 is 10.0 Å². The lowest BCUT2D eigenvalue weighted by Gasteiger charge is -2.20. The summed E-state index contributed by atoms with van der Waals surface area (Å²) < 4.78 is 0. The Morgan fingerprint density at radius 3 is 2.68 bits per heavy atom. The number of benzene rings is 1. The van der Waals surface area contributed by atoms with Crippen molar-refractivity contribution in [1.29, 1.82) is 0 Å². The third-order valence-electron chi connectivity index (χ3n) is 3.69. The molecular weight excluding hydrogens is 240 g/mol. The second-order valence-electron chi connectivity index (χ2n) is 5.05. The Morgan fingerprint density at radius 2 is 2.00 bits per heavy atom. The van der Waals surface area contributed by atoms with Crippen LogP contribution >= 0.6 is 0 Å². The number of anilines is 1. The number of aromatic nitrogens is 1. The van der Waals surface area contributed by atoms with Gasteiger partial charge in [-0.3, -0.25) is 4.98 Å². The maximum Gasteiger partial charge on any atom is 0.337 e. The number of aromatic carboxylic acids is 1. The van der Waals surface area contributed by atoms with Gasteiger partial charge in [-0.05, 0) is 43.5 Å². The quantitative estimate of drug-likeness (QED) is 0.897. The summed E-state index contributed by atoms with van der Waals surface area (Å²) in [4.78, 5) is 17.6. The fraction of sp³-hybridized carbons (Fsp3) is 0.333. The zero-order valence-corrected chi connectivity index (χ0v) is 10.9. The zero-order chi connectivity index (χ0) is 13.4. The lowest BCUT2D eigenvalue weighted by Crippen LogP contribution is -2.18. The Labute approximate surface area is 111 Å². The molecule has 1 aliphatic heterocycles. The van der Waals surface area contributed by atoms with E-state index in [9.17, 15) is 4.79 Å². The van der Waals surface area contributed by atoms with Gasteiger partial charge in [-0.15, -0.1) is 0 Å². The third kappa shape index (κ3) is 2.14. The molecule has 0 aliphatic carbocycles. The van der Waals surface area contributed by atoms with Crippen molar-refractivity contribution >= 4 is 22.6 Å². The number of hydrogen-bond acceptors (Lipinski definition) is 3. The second kappa shape index (κ2) is 4.53. The molecule has 0 atom stereocenters. The maximum absolute atomic E-state index is 11.0. The molecule has 1 aromatic heterocycles. The van der Waals surface area contributed by atoms with E-state index in [-0.39, 0.29) is 5.56 Å². The van der Waals surface area contributed by atoms with Crippen LogP contribution in [0.4, 0.5) is 5.69 Å². The van der Waals surface area contributed by atoms with Crippen molar-refractivity contribution in [2.45, 2.75) is 19.8 Å². The van der Waals surface area contributed by atoms with E-state index in [0.29, 0.717) is 0 Å². The number of aryl methyl sites for hydroxylation is 1. The highest BCUT2D eigenvalue weighted by Crippen LogP contribution is 2.28. The monoisotopic (exact) mass is 256 g/mol. The first-order valence-corrected chi connectivity index (χ1v) is 6.54. The van der Waals surface area contributed by atoms with Crippen molar-refractivity contribution in [2.75, 3.05) is 18.0 Å². The summed E-state index contributed by atoms with van der Waals surface area (Å²) in [5, 5.41) is 9.88. The smallest absolute Gasteiger partial charge is 0.337 e. The first-order chi connectivity index (χ1) is 9.15. The molecule has 1 aromatic carbocycles. The minimum Gasteiger partial charge on any atom is -0.478 e. The molecule has 2 aromatic rings. The molecule has 4 nitrogen and oxygen atoms in total. The fourth-order valence-corrected chi connectivity index (χ4v) is 2.69. The van der Waals surface area contributed by atoms with E-state index >= 15 is 0 Å². The molecule has 1 fully saturated rings. The van der Waals surface area contributed by atoms with E-state index < -0.39 is 5.97 Å². The van der Waals surface area contributed by atoms with Crippen LogP contribution in [0.5, 0.6) is 0 Å². The van der Waals surface area contributed by atoms with E-state index in [1.165, 1.54) is 30.3 Å². The highest BCUT2D eigenvalue weighted by Gasteiger charge is 2.15. The van der Waals surface area contributed by atoms with Crippen molar-refractivity contribution in [2.24, 2.45) is 0 Å². The number of carbonyl (C=O) groups is 1.